The summed E-state index contributed by atoms with van der Waals surface area (Å²) in [5.74, 6) is -0.699. The lowest BCUT2D eigenvalue weighted by molar-refractivity contribution is -0.137. The Bertz CT molecular complexity index is 1450. The molecular weight excluding hydrogens is 507 g/mol. The number of primary sulfonamides is 1. The van der Waals surface area contributed by atoms with Gasteiger partial charge in [-0.1, -0.05) is 17.7 Å². The molecule has 0 bridgehead atoms. The fraction of sp³-hybridized carbons (Fsp3) is 0.130. The minimum Gasteiger partial charge on any atom is -0.456 e. The Morgan fingerprint density at radius 1 is 1.14 bits per heavy atom. The largest absolute Gasteiger partial charge is 0.456 e. The molecule has 0 aliphatic heterocycles. The number of ether oxygens (including phenoxy) is 1. The number of nitrogens with two attached hydrogens (primary N) is 1. The number of benzene rings is 3. The molecule has 182 valence electrons. The molecule has 0 fully saturated rings. The molecule has 0 unspecified atom stereocenters. The second-order valence-electron chi connectivity index (χ2n) is 7.47. The number of rotatable bonds is 6. The van der Waals surface area contributed by atoms with Crippen LogP contribution in [0.4, 0.5) is 18.9 Å². The number of nitrogens with zero attached hydrogens (tertiary/aromatic N) is 1. The number of anilines is 1. The summed E-state index contributed by atoms with van der Waals surface area (Å²) in [4.78, 5) is 12.4. The molecule has 0 radical (unpaired) electrons. The molecular formula is C23H17ClF3N3O4S. The minimum atomic E-state index is -4.68. The van der Waals surface area contributed by atoms with E-state index in [1.165, 1.54) is 30.3 Å². The van der Waals surface area contributed by atoms with Gasteiger partial charge in [0, 0.05) is 5.69 Å². The average molecular weight is 524 g/mol. The maximum absolute atomic E-state index is 13.1. The summed E-state index contributed by atoms with van der Waals surface area (Å²) >= 11 is 6.12. The zero-order valence-corrected chi connectivity index (χ0v) is 19.6. The van der Waals surface area contributed by atoms with Crippen molar-refractivity contribution < 1.29 is 31.1 Å². The van der Waals surface area contributed by atoms with Crippen molar-refractivity contribution in [2.45, 2.75) is 24.4 Å². The quantitative estimate of drug-likeness (QED) is 0.462. The fourth-order valence-electron chi connectivity index (χ4n) is 3.08. The molecule has 0 aliphatic carbocycles. The van der Waals surface area contributed by atoms with Crippen molar-refractivity contribution in [1.82, 2.24) is 0 Å². The first kappa shape index (κ1) is 26.0. The van der Waals surface area contributed by atoms with Crippen molar-refractivity contribution >= 4 is 33.2 Å². The fourth-order valence-corrected chi connectivity index (χ4v) is 3.84. The van der Waals surface area contributed by atoms with Gasteiger partial charge in [0.2, 0.25) is 15.9 Å². The predicted octanol–water partition coefficient (Wildman–Crippen LogP) is 5.16. The number of halogens is 4. The summed E-state index contributed by atoms with van der Waals surface area (Å²) in [6, 6.07) is 12.6. The van der Waals surface area contributed by atoms with E-state index >= 15 is 0 Å². The Kier molecular flexibility index (Phi) is 7.40. The van der Waals surface area contributed by atoms with Crippen molar-refractivity contribution in [3.05, 3.63) is 81.9 Å². The Morgan fingerprint density at radius 3 is 2.46 bits per heavy atom. The van der Waals surface area contributed by atoms with Gasteiger partial charge in [-0.15, -0.1) is 0 Å². The van der Waals surface area contributed by atoms with Crippen LogP contribution in [0.2, 0.25) is 5.02 Å². The molecule has 0 aromatic heterocycles. The number of nitrogens with one attached hydrogen (secondary N) is 1. The van der Waals surface area contributed by atoms with E-state index in [1.807, 2.05) is 0 Å². The Labute approximate surface area is 203 Å². The summed E-state index contributed by atoms with van der Waals surface area (Å²) in [6.07, 6.45) is -4.82. The number of carbonyl (C=O) groups is 1. The third-order valence-corrected chi connectivity index (χ3v) is 5.97. The topological polar surface area (TPSA) is 122 Å². The van der Waals surface area contributed by atoms with Crippen LogP contribution in [0.3, 0.4) is 0 Å². The van der Waals surface area contributed by atoms with E-state index in [2.05, 4.69) is 5.32 Å². The van der Waals surface area contributed by atoms with Crippen molar-refractivity contribution in [3.8, 4) is 17.6 Å². The molecule has 0 saturated heterocycles. The number of sulfonamides is 1. The van der Waals surface area contributed by atoms with Crippen LogP contribution in [-0.4, -0.2) is 14.3 Å². The summed E-state index contributed by atoms with van der Waals surface area (Å²) in [7, 11) is -3.89. The van der Waals surface area contributed by atoms with E-state index in [0.29, 0.717) is 22.9 Å². The van der Waals surface area contributed by atoms with Crippen LogP contribution >= 0.6 is 11.6 Å². The minimum absolute atomic E-state index is 0.00568. The van der Waals surface area contributed by atoms with Gasteiger partial charge >= 0.3 is 6.18 Å². The molecule has 3 rings (SSSR count). The molecule has 3 aromatic carbocycles. The normalized spacial score (nSPS) is 11.6. The first-order valence-corrected chi connectivity index (χ1v) is 11.7. The maximum Gasteiger partial charge on any atom is 0.416 e. The number of nitriles is 1. The lowest BCUT2D eigenvalue weighted by Gasteiger charge is -2.13. The third-order valence-electron chi connectivity index (χ3n) is 4.75. The molecule has 0 atom stereocenters. The molecule has 1 amide bonds. The highest BCUT2D eigenvalue weighted by Crippen LogP contribution is 2.36. The van der Waals surface area contributed by atoms with Crippen LogP contribution in [0.25, 0.3) is 0 Å². The molecule has 0 heterocycles. The van der Waals surface area contributed by atoms with Crippen LogP contribution in [-0.2, 0) is 27.4 Å². The lowest BCUT2D eigenvalue weighted by Crippen LogP contribution is -2.16. The average Bonchev–Trinajstić information content (AvgIpc) is 2.76. The van der Waals surface area contributed by atoms with Crippen molar-refractivity contribution in [2.75, 3.05) is 5.32 Å². The Hall–Kier alpha value is -3.59. The lowest BCUT2D eigenvalue weighted by atomic mass is 10.1. The number of aryl methyl sites for hydroxylation is 1. The van der Waals surface area contributed by atoms with Crippen LogP contribution in [0.1, 0.15) is 22.3 Å². The summed E-state index contributed by atoms with van der Waals surface area (Å²) < 4.78 is 67.8. The van der Waals surface area contributed by atoms with Gasteiger partial charge in [0.1, 0.15) is 11.5 Å². The van der Waals surface area contributed by atoms with Gasteiger partial charge in [0.15, 0.2) is 0 Å². The highest BCUT2D eigenvalue weighted by Gasteiger charge is 2.31. The van der Waals surface area contributed by atoms with Crippen LogP contribution in [0, 0.1) is 18.3 Å². The molecule has 3 aromatic rings. The predicted molar refractivity (Wildman–Crippen MR) is 123 cm³/mol. The molecule has 7 nitrogen and oxygen atoms in total. The van der Waals surface area contributed by atoms with Crippen molar-refractivity contribution in [3.63, 3.8) is 0 Å². The summed E-state index contributed by atoms with van der Waals surface area (Å²) in [5, 5.41) is 16.9. The SMILES string of the molecule is Cc1cc(S(N)(=O)=O)ccc1NC(=O)Cc1ccc(Cl)c(Oc2cc(C#N)cc(C(F)(F)F)c2)c1. The van der Waals surface area contributed by atoms with Crippen LogP contribution < -0.4 is 15.2 Å². The van der Waals surface area contributed by atoms with Crippen LogP contribution in [0.5, 0.6) is 11.5 Å². The summed E-state index contributed by atoms with van der Waals surface area (Å²) in [6.45, 7) is 1.60. The van der Waals surface area contributed by atoms with Gasteiger partial charge < -0.3 is 10.1 Å². The van der Waals surface area contributed by atoms with E-state index in [4.69, 9.17) is 26.7 Å². The monoisotopic (exact) mass is 523 g/mol. The third kappa shape index (κ3) is 6.73. The Balaban J connectivity index is 1.79. The van der Waals surface area contributed by atoms with Gasteiger partial charge in [-0.05, 0) is 66.6 Å². The zero-order valence-electron chi connectivity index (χ0n) is 18.0. The first-order valence-electron chi connectivity index (χ1n) is 9.78. The smallest absolute Gasteiger partial charge is 0.416 e. The summed E-state index contributed by atoms with van der Waals surface area (Å²) in [5.41, 5.74) is -0.00999. The molecule has 12 heteroatoms. The maximum atomic E-state index is 13.1. The van der Waals surface area contributed by atoms with Crippen molar-refractivity contribution in [1.29, 1.82) is 5.26 Å². The van der Waals surface area contributed by atoms with Crippen LogP contribution in [0.15, 0.2) is 59.5 Å². The number of hydrogen-bond acceptors (Lipinski definition) is 5. The van der Waals surface area contributed by atoms with Crippen molar-refractivity contribution in [2.24, 2.45) is 5.14 Å². The highest BCUT2D eigenvalue weighted by atomic mass is 35.5. The zero-order chi connectivity index (χ0) is 26.0. The highest BCUT2D eigenvalue weighted by molar-refractivity contribution is 7.89. The van der Waals surface area contributed by atoms with E-state index in [-0.39, 0.29) is 33.4 Å². The van der Waals surface area contributed by atoms with E-state index in [1.54, 1.807) is 19.1 Å². The standard InChI is InChI=1S/C23H17ClF3N3O4S/c1-13-6-18(35(29,32)33)3-5-20(13)30-22(31)10-14-2-4-19(24)21(9-14)34-17-8-15(12-28)7-16(11-17)23(25,26)27/h2-9,11H,10H2,1H3,(H,30,31)(H2,29,32,33). The van der Waals surface area contributed by atoms with Gasteiger partial charge in [-0.3, -0.25) is 4.79 Å². The number of alkyl halides is 3. The second kappa shape index (κ2) is 9.95. The second-order valence-corrected chi connectivity index (χ2v) is 9.44. The number of carbonyl (C=O) groups excluding carboxylic acids is 1. The van der Waals surface area contributed by atoms with Gasteiger partial charge in [0.05, 0.1) is 33.5 Å². The van der Waals surface area contributed by atoms with E-state index in [0.717, 1.165) is 12.1 Å². The van der Waals surface area contributed by atoms with Gasteiger partial charge in [-0.25, -0.2) is 13.6 Å². The molecule has 0 aliphatic rings. The van der Waals surface area contributed by atoms with E-state index in [9.17, 15) is 26.4 Å². The van der Waals surface area contributed by atoms with Gasteiger partial charge in [0.25, 0.3) is 0 Å². The first-order chi connectivity index (χ1) is 16.3. The number of amides is 1. The number of hydrogen-bond donors (Lipinski definition) is 2. The van der Waals surface area contributed by atoms with Gasteiger partial charge in [-0.2, -0.15) is 18.4 Å². The molecule has 0 spiro atoms. The van der Waals surface area contributed by atoms with E-state index < -0.39 is 27.7 Å². The molecule has 35 heavy (non-hydrogen) atoms. The molecule has 0 saturated carbocycles. The molecule has 3 N–H and O–H groups in total. The Morgan fingerprint density at radius 2 is 1.86 bits per heavy atom.